The zero-order valence-corrected chi connectivity index (χ0v) is 19.5. The van der Waals surface area contributed by atoms with E-state index in [9.17, 15) is 4.79 Å². The van der Waals surface area contributed by atoms with E-state index in [0.29, 0.717) is 30.3 Å². The number of nitrogens with zero attached hydrogens (tertiary/aromatic N) is 3. The first-order valence-corrected chi connectivity index (χ1v) is 11.4. The Bertz CT molecular complexity index is 961. The standard InChI is InChI=1S/C23H31N5O2S/c1-6-25-21-20(16(5)24)27-23(28(21)10-7-9-26-22(29)14(2)3)31-19-13-18-17(8-11-30-18)12-15(19)4/h6,12-14H,1,7-11,24H2,2-5H3,(H,26,29)/b20-16-,25-21+. The van der Waals surface area contributed by atoms with Crippen LogP contribution in [0.3, 0.4) is 0 Å². The molecule has 0 aromatic heterocycles. The SMILES string of the molecule is C=C/N=C1\C(=C(/C)N)N=C(Sc2cc3c(cc2C)CCO3)N1CCCNC(=O)C(C)C. The normalized spacial score (nSPS) is 18.2. The van der Waals surface area contributed by atoms with Crippen molar-refractivity contribution in [2.75, 3.05) is 19.7 Å². The van der Waals surface area contributed by atoms with Crippen molar-refractivity contribution in [1.82, 2.24) is 10.2 Å². The second-order valence-corrected chi connectivity index (χ2v) is 8.95. The summed E-state index contributed by atoms with van der Waals surface area (Å²) in [6.45, 7) is 13.4. The summed E-state index contributed by atoms with van der Waals surface area (Å²) < 4.78 is 5.75. The maximum atomic E-state index is 11.9. The lowest BCUT2D eigenvalue weighted by Crippen LogP contribution is -2.35. The van der Waals surface area contributed by atoms with Crippen molar-refractivity contribution in [2.24, 2.45) is 21.6 Å². The van der Waals surface area contributed by atoms with Crippen LogP contribution in [-0.4, -0.2) is 41.5 Å². The summed E-state index contributed by atoms with van der Waals surface area (Å²) >= 11 is 1.58. The molecule has 2 heterocycles. The molecule has 0 saturated heterocycles. The Balaban J connectivity index is 1.82. The van der Waals surface area contributed by atoms with Crippen LogP contribution in [0.2, 0.25) is 0 Å². The fraction of sp³-hybridized carbons (Fsp3) is 0.435. The van der Waals surface area contributed by atoms with Gasteiger partial charge in [0.05, 0.1) is 6.61 Å². The van der Waals surface area contributed by atoms with Crippen LogP contribution in [0.25, 0.3) is 0 Å². The zero-order chi connectivity index (χ0) is 22.5. The van der Waals surface area contributed by atoms with Crippen molar-refractivity contribution in [3.63, 3.8) is 0 Å². The van der Waals surface area contributed by atoms with Gasteiger partial charge in [-0.25, -0.2) is 9.98 Å². The number of thioether (sulfide) groups is 1. The van der Waals surface area contributed by atoms with Crippen molar-refractivity contribution in [3.05, 3.63) is 47.4 Å². The summed E-state index contributed by atoms with van der Waals surface area (Å²) in [5, 5.41) is 3.77. The predicted octanol–water partition coefficient (Wildman–Crippen LogP) is 3.59. The molecule has 7 nitrogen and oxygen atoms in total. The number of aryl methyl sites for hydroxylation is 1. The van der Waals surface area contributed by atoms with Gasteiger partial charge in [-0.15, -0.1) is 0 Å². The molecule has 0 bridgehead atoms. The largest absolute Gasteiger partial charge is 0.493 e. The van der Waals surface area contributed by atoms with Gasteiger partial charge in [-0.05, 0) is 37.5 Å². The van der Waals surface area contributed by atoms with E-state index in [-0.39, 0.29) is 11.8 Å². The van der Waals surface area contributed by atoms with Gasteiger partial charge in [-0.2, -0.15) is 0 Å². The Labute approximate surface area is 188 Å². The van der Waals surface area contributed by atoms with Gasteiger partial charge in [0.2, 0.25) is 5.91 Å². The summed E-state index contributed by atoms with van der Waals surface area (Å²) in [6.07, 6.45) is 3.20. The molecule has 166 valence electrons. The first-order valence-electron chi connectivity index (χ1n) is 10.5. The summed E-state index contributed by atoms with van der Waals surface area (Å²) in [7, 11) is 0. The van der Waals surface area contributed by atoms with E-state index in [1.807, 2.05) is 25.7 Å². The van der Waals surface area contributed by atoms with Gasteiger partial charge in [0.1, 0.15) is 11.4 Å². The van der Waals surface area contributed by atoms with Crippen LogP contribution in [0.4, 0.5) is 0 Å². The number of aliphatic imine (C=N–C) groups is 2. The van der Waals surface area contributed by atoms with Crippen LogP contribution in [0.5, 0.6) is 5.75 Å². The summed E-state index contributed by atoms with van der Waals surface area (Å²) in [6, 6.07) is 4.28. The maximum Gasteiger partial charge on any atom is 0.222 e. The highest BCUT2D eigenvalue weighted by Crippen LogP contribution is 2.36. The zero-order valence-electron chi connectivity index (χ0n) is 18.7. The molecule has 2 aliphatic rings. The van der Waals surface area contributed by atoms with Crippen molar-refractivity contribution in [1.29, 1.82) is 0 Å². The summed E-state index contributed by atoms with van der Waals surface area (Å²) in [5.41, 5.74) is 9.80. The Kier molecular flexibility index (Phi) is 7.43. The maximum absolute atomic E-state index is 11.9. The number of hydrogen-bond acceptors (Lipinski definition) is 6. The number of ether oxygens (including phenoxy) is 1. The number of fused-ring (bicyclic) bond motifs is 1. The van der Waals surface area contributed by atoms with Crippen LogP contribution in [-0.2, 0) is 11.2 Å². The van der Waals surface area contributed by atoms with E-state index in [4.69, 9.17) is 15.5 Å². The van der Waals surface area contributed by atoms with Crippen molar-refractivity contribution in [3.8, 4) is 5.75 Å². The molecule has 3 rings (SSSR count). The molecule has 0 saturated carbocycles. The number of hydrogen-bond donors (Lipinski definition) is 2. The highest BCUT2D eigenvalue weighted by Gasteiger charge is 2.30. The second kappa shape index (κ2) is 10.0. The molecule has 0 atom stereocenters. The van der Waals surface area contributed by atoms with Crippen LogP contribution in [0.1, 0.15) is 38.3 Å². The van der Waals surface area contributed by atoms with Crippen LogP contribution < -0.4 is 15.8 Å². The molecule has 1 aromatic rings. The fourth-order valence-corrected chi connectivity index (χ4v) is 4.38. The minimum atomic E-state index is -0.0308. The predicted molar refractivity (Wildman–Crippen MR) is 127 cm³/mol. The van der Waals surface area contributed by atoms with Crippen molar-refractivity contribution >= 4 is 28.7 Å². The van der Waals surface area contributed by atoms with Gasteiger partial charge in [0.15, 0.2) is 11.0 Å². The minimum Gasteiger partial charge on any atom is -0.493 e. The molecule has 0 aliphatic carbocycles. The highest BCUT2D eigenvalue weighted by atomic mass is 32.2. The first kappa shape index (κ1) is 22.9. The molecular formula is C23H31N5O2S. The summed E-state index contributed by atoms with van der Waals surface area (Å²) in [5.74, 6) is 1.65. The molecule has 1 amide bonds. The highest BCUT2D eigenvalue weighted by molar-refractivity contribution is 8.14. The molecule has 0 radical (unpaired) electrons. The van der Waals surface area contributed by atoms with Crippen molar-refractivity contribution < 1.29 is 9.53 Å². The molecule has 0 spiro atoms. The third kappa shape index (κ3) is 5.31. The van der Waals surface area contributed by atoms with E-state index >= 15 is 0 Å². The van der Waals surface area contributed by atoms with E-state index in [2.05, 4.69) is 35.9 Å². The van der Waals surface area contributed by atoms with E-state index in [1.165, 1.54) is 17.3 Å². The molecule has 3 N–H and O–H groups in total. The van der Waals surface area contributed by atoms with Gasteiger partial charge < -0.3 is 20.7 Å². The number of amides is 1. The van der Waals surface area contributed by atoms with Crippen LogP contribution in [0.15, 0.2) is 51.2 Å². The topological polar surface area (TPSA) is 92.3 Å². The Hall–Kier alpha value is -2.74. The van der Waals surface area contributed by atoms with E-state index in [1.54, 1.807) is 11.8 Å². The lowest BCUT2D eigenvalue weighted by Gasteiger charge is -2.21. The number of amidine groups is 2. The van der Waals surface area contributed by atoms with Gasteiger partial charge in [0, 0.05) is 42.2 Å². The van der Waals surface area contributed by atoms with Gasteiger partial charge >= 0.3 is 0 Å². The lowest BCUT2D eigenvalue weighted by molar-refractivity contribution is -0.123. The number of carbonyl (C=O) groups excluding carboxylic acids is 1. The molecule has 8 heteroatoms. The number of allylic oxidation sites excluding steroid dienone is 1. The molecule has 0 unspecified atom stereocenters. The summed E-state index contributed by atoms with van der Waals surface area (Å²) in [4.78, 5) is 24.2. The quantitative estimate of drug-likeness (QED) is 0.631. The van der Waals surface area contributed by atoms with E-state index < -0.39 is 0 Å². The molecule has 1 aromatic carbocycles. The molecule has 2 aliphatic heterocycles. The number of rotatable bonds is 7. The third-order valence-electron chi connectivity index (χ3n) is 5.06. The minimum absolute atomic E-state index is 0.0308. The number of nitrogens with one attached hydrogen (secondary N) is 1. The van der Waals surface area contributed by atoms with Gasteiger partial charge in [0.25, 0.3) is 0 Å². The number of carbonyl (C=O) groups is 1. The average molecular weight is 442 g/mol. The van der Waals surface area contributed by atoms with Gasteiger partial charge in [-0.3, -0.25) is 4.79 Å². The lowest BCUT2D eigenvalue weighted by atomic mass is 10.1. The van der Waals surface area contributed by atoms with Crippen LogP contribution in [0, 0.1) is 12.8 Å². The molecule has 31 heavy (non-hydrogen) atoms. The number of benzene rings is 1. The number of nitrogens with two attached hydrogens (primary N) is 1. The first-order chi connectivity index (χ1) is 14.8. The van der Waals surface area contributed by atoms with Crippen LogP contribution >= 0.6 is 11.8 Å². The molecule has 0 fully saturated rings. The smallest absolute Gasteiger partial charge is 0.222 e. The fourth-order valence-electron chi connectivity index (χ4n) is 3.38. The molecular weight excluding hydrogens is 410 g/mol. The monoisotopic (exact) mass is 441 g/mol. The van der Waals surface area contributed by atoms with Gasteiger partial charge in [-0.1, -0.05) is 38.3 Å². The van der Waals surface area contributed by atoms with E-state index in [0.717, 1.165) is 35.3 Å². The Morgan fingerprint density at radius 1 is 1.48 bits per heavy atom. The van der Waals surface area contributed by atoms with Crippen molar-refractivity contribution in [2.45, 2.75) is 45.4 Å². The Morgan fingerprint density at radius 3 is 2.94 bits per heavy atom. The third-order valence-corrected chi connectivity index (χ3v) is 6.22. The average Bonchev–Trinajstić information content (AvgIpc) is 3.30. The Morgan fingerprint density at radius 2 is 2.26 bits per heavy atom. The second-order valence-electron chi connectivity index (χ2n) is 7.94.